The van der Waals surface area contributed by atoms with E-state index in [0.717, 1.165) is 35.3 Å². The molecule has 0 saturated carbocycles. The van der Waals surface area contributed by atoms with Crippen molar-refractivity contribution in [3.8, 4) is 5.75 Å². The number of fused-ring (bicyclic) bond motifs is 1. The number of carbonyl (C=O) groups excluding carboxylic acids is 1. The zero-order chi connectivity index (χ0) is 14.8. The van der Waals surface area contributed by atoms with E-state index in [0.29, 0.717) is 6.42 Å². The highest BCUT2D eigenvalue weighted by Gasteiger charge is 2.30. The van der Waals surface area contributed by atoms with Crippen molar-refractivity contribution in [1.29, 1.82) is 0 Å². The van der Waals surface area contributed by atoms with Gasteiger partial charge >= 0.3 is 0 Å². The minimum atomic E-state index is -0.375. The Bertz CT molecular complexity index is 648. The molecule has 1 aliphatic heterocycles. The number of hydrogen-bond acceptors (Lipinski definition) is 2. The number of ether oxygens (including phenoxy) is 1. The largest absolute Gasteiger partial charge is 0.482 e. The lowest BCUT2D eigenvalue weighted by molar-refractivity contribution is 0.0823. The summed E-state index contributed by atoms with van der Waals surface area (Å²) in [5.74, 6) is 0.957. The van der Waals surface area contributed by atoms with Crippen molar-refractivity contribution in [1.82, 2.24) is 0 Å². The summed E-state index contributed by atoms with van der Waals surface area (Å²) in [6.45, 7) is 4.19. The van der Waals surface area contributed by atoms with Gasteiger partial charge in [0.25, 0.3) is 0 Å². The Morgan fingerprint density at radius 2 is 1.95 bits per heavy atom. The minimum absolute atomic E-state index is 0.110. The molecule has 2 aromatic carbocycles. The quantitative estimate of drug-likeness (QED) is 0.791. The Labute approximate surface area is 125 Å². The number of para-hydroxylation sites is 1. The van der Waals surface area contributed by atoms with Gasteiger partial charge in [0.2, 0.25) is 5.78 Å². The molecule has 3 rings (SSSR count). The standard InChI is InChI=1S/C19H20O2/c1-3-13-9-10-14(4-2)16(11-13)19(20)18-12-15-7-5-6-8-17(15)21-18/h5-11,18H,3-4,12H2,1-2H3. The van der Waals surface area contributed by atoms with E-state index in [1.54, 1.807) is 0 Å². The summed E-state index contributed by atoms with van der Waals surface area (Å²) >= 11 is 0. The zero-order valence-corrected chi connectivity index (χ0v) is 12.6. The van der Waals surface area contributed by atoms with Gasteiger partial charge in [-0.05, 0) is 41.7 Å². The Morgan fingerprint density at radius 3 is 2.67 bits per heavy atom. The van der Waals surface area contributed by atoms with Gasteiger partial charge in [-0.15, -0.1) is 0 Å². The third-order valence-corrected chi connectivity index (χ3v) is 4.17. The molecular formula is C19H20O2. The van der Waals surface area contributed by atoms with Gasteiger partial charge in [-0.2, -0.15) is 0 Å². The number of hydrogen-bond donors (Lipinski definition) is 0. The summed E-state index contributed by atoms with van der Waals surface area (Å²) in [6, 6.07) is 14.1. The van der Waals surface area contributed by atoms with Crippen LogP contribution >= 0.6 is 0 Å². The van der Waals surface area contributed by atoms with Gasteiger partial charge in [0.1, 0.15) is 5.75 Å². The summed E-state index contributed by atoms with van der Waals surface area (Å²) in [4.78, 5) is 12.8. The molecule has 0 aromatic heterocycles. The first kappa shape index (κ1) is 13.9. The van der Waals surface area contributed by atoms with Crippen LogP contribution in [0.15, 0.2) is 42.5 Å². The van der Waals surface area contributed by atoms with Gasteiger partial charge in [0, 0.05) is 12.0 Å². The molecule has 0 aliphatic carbocycles. The molecular weight excluding hydrogens is 260 g/mol. The van der Waals surface area contributed by atoms with Gasteiger partial charge in [0.15, 0.2) is 6.10 Å². The molecule has 0 bridgehead atoms. The van der Waals surface area contributed by atoms with Crippen LogP contribution in [0.5, 0.6) is 5.75 Å². The molecule has 0 spiro atoms. The lowest BCUT2D eigenvalue weighted by Gasteiger charge is -2.14. The van der Waals surface area contributed by atoms with Crippen LogP contribution in [0.25, 0.3) is 0 Å². The molecule has 0 saturated heterocycles. The second kappa shape index (κ2) is 5.72. The van der Waals surface area contributed by atoms with E-state index in [9.17, 15) is 4.79 Å². The highest BCUT2D eigenvalue weighted by Crippen LogP contribution is 2.30. The number of rotatable bonds is 4. The topological polar surface area (TPSA) is 26.3 Å². The van der Waals surface area contributed by atoms with Crippen LogP contribution in [0.2, 0.25) is 0 Å². The molecule has 2 nitrogen and oxygen atoms in total. The second-order valence-corrected chi connectivity index (χ2v) is 5.48. The number of benzene rings is 2. The van der Waals surface area contributed by atoms with Crippen molar-refractivity contribution in [2.24, 2.45) is 0 Å². The van der Waals surface area contributed by atoms with Crippen LogP contribution in [0.3, 0.4) is 0 Å². The monoisotopic (exact) mass is 280 g/mol. The Hall–Kier alpha value is -2.09. The van der Waals surface area contributed by atoms with Gasteiger partial charge in [0.05, 0.1) is 0 Å². The van der Waals surface area contributed by atoms with Crippen molar-refractivity contribution in [2.75, 3.05) is 0 Å². The van der Waals surface area contributed by atoms with Crippen LogP contribution in [0, 0.1) is 0 Å². The van der Waals surface area contributed by atoms with E-state index in [1.807, 2.05) is 30.3 Å². The van der Waals surface area contributed by atoms with E-state index in [4.69, 9.17) is 4.74 Å². The van der Waals surface area contributed by atoms with Crippen LogP contribution in [0.1, 0.15) is 40.9 Å². The average Bonchev–Trinajstić information content (AvgIpc) is 2.97. The zero-order valence-electron chi connectivity index (χ0n) is 12.6. The number of carbonyl (C=O) groups is 1. The van der Waals surface area contributed by atoms with Crippen LogP contribution in [-0.4, -0.2) is 11.9 Å². The van der Waals surface area contributed by atoms with Crippen molar-refractivity contribution in [3.05, 3.63) is 64.7 Å². The molecule has 1 heterocycles. The fraction of sp³-hybridized carbons (Fsp3) is 0.316. The third-order valence-electron chi connectivity index (χ3n) is 4.17. The number of ketones is 1. The molecule has 2 heteroatoms. The molecule has 1 atom stereocenters. The summed E-state index contributed by atoms with van der Waals surface area (Å²) in [7, 11) is 0. The SMILES string of the molecule is CCc1ccc(CC)c(C(=O)C2Cc3ccccc3O2)c1. The first-order chi connectivity index (χ1) is 10.2. The van der Waals surface area contributed by atoms with Gasteiger partial charge < -0.3 is 4.74 Å². The maximum atomic E-state index is 12.8. The predicted octanol–water partition coefficient (Wildman–Crippen LogP) is 4.00. The fourth-order valence-electron chi connectivity index (χ4n) is 2.88. The predicted molar refractivity (Wildman–Crippen MR) is 84.1 cm³/mol. The smallest absolute Gasteiger partial charge is 0.203 e. The molecule has 108 valence electrons. The first-order valence-electron chi connectivity index (χ1n) is 7.63. The summed E-state index contributed by atoms with van der Waals surface area (Å²) in [5, 5.41) is 0. The average molecular weight is 280 g/mol. The maximum Gasteiger partial charge on any atom is 0.203 e. The van der Waals surface area contributed by atoms with E-state index in [1.165, 1.54) is 5.56 Å². The van der Waals surface area contributed by atoms with Crippen molar-refractivity contribution < 1.29 is 9.53 Å². The highest BCUT2D eigenvalue weighted by molar-refractivity contribution is 6.01. The van der Waals surface area contributed by atoms with Crippen molar-refractivity contribution >= 4 is 5.78 Å². The number of Topliss-reactive ketones (excluding diaryl/α,β-unsaturated/α-hetero) is 1. The minimum Gasteiger partial charge on any atom is -0.482 e. The van der Waals surface area contributed by atoms with Crippen LogP contribution in [0.4, 0.5) is 0 Å². The molecule has 2 aromatic rings. The van der Waals surface area contributed by atoms with Gasteiger partial charge in [-0.25, -0.2) is 0 Å². The highest BCUT2D eigenvalue weighted by atomic mass is 16.5. The Kier molecular flexibility index (Phi) is 3.78. The molecule has 1 unspecified atom stereocenters. The molecule has 0 radical (unpaired) electrons. The molecule has 0 amide bonds. The first-order valence-corrected chi connectivity index (χ1v) is 7.63. The summed E-state index contributed by atoms with van der Waals surface area (Å²) in [5.41, 5.74) is 4.26. The van der Waals surface area contributed by atoms with E-state index >= 15 is 0 Å². The van der Waals surface area contributed by atoms with Crippen LogP contribution in [-0.2, 0) is 19.3 Å². The van der Waals surface area contributed by atoms with E-state index in [-0.39, 0.29) is 11.9 Å². The summed E-state index contributed by atoms with van der Waals surface area (Å²) < 4.78 is 5.85. The third kappa shape index (κ3) is 2.58. The van der Waals surface area contributed by atoms with Gasteiger partial charge in [-0.1, -0.05) is 44.2 Å². The summed E-state index contributed by atoms with van der Waals surface area (Å²) in [6.07, 6.45) is 2.11. The molecule has 1 aliphatic rings. The lowest BCUT2D eigenvalue weighted by Crippen LogP contribution is -2.26. The normalized spacial score (nSPS) is 16.4. The molecule has 21 heavy (non-hydrogen) atoms. The maximum absolute atomic E-state index is 12.8. The van der Waals surface area contributed by atoms with Crippen LogP contribution < -0.4 is 4.74 Å². The molecule has 0 fully saturated rings. The van der Waals surface area contributed by atoms with Gasteiger partial charge in [-0.3, -0.25) is 4.79 Å². The van der Waals surface area contributed by atoms with Crippen molar-refractivity contribution in [2.45, 2.75) is 39.2 Å². The van der Waals surface area contributed by atoms with E-state index < -0.39 is 0 Å². The fourth-order valence-corrected chi connectivity index (χ4v) is 2.88. The number of aryl methyl sites for hydroxylation is 2. The van der Waals surface area contributed by atoms with E-state index in [2.05, 4.69) is 26.0 Å². The molecule has 0 N–H and O–H groups in total. The Morgan fingerprint density at radius 1 is 1.14 bits per heavy atom. The van der Waals surface area contributed by atoms with Crippen molar-refractivity contribution in [3.63, 3.8) is 0 Å². The Balaban J connectivity index is 1.90. The lowest BCUT2D eigenvalue weighted by atomic mass is 9.94. The second-order valence-electron chi connectivity index (χ2n) is 5.48.